The van der Waals surface area contributed by atoms with E-state index in [0.29, 0.717) is 28.3 Å². The van der Waals surface area contributed by atoms with Gasteiger partial charge in [-0.15, -0.1) is 0 Å². The third kappa shape index (κ3) is 19.5. The highest BCUT2D eigenvalue weighted by Gasteiger charge is 2.51. The lowest BCUT2D eigenvalue weighted by Crippen LogP contribution is -2.45. The van der Waals surface area contributed by atoms with Gasteiger partial charge in [0.05, 0.1) is 61.8 Å². The number of aryl methyl sites for hydroxylation is 1. The topological polar surface area (TPSA) is 216 Å². The smallest absolute Gasteiger partial charge is 0.423 e. The van der Waals surface area contributed by atoms with Gasteiger partial charge in [-0.25, -0.2) is 18.3 Å². The lowest BCUT2D eigenvalue weighted by atomic mass is 9.93. The molecule has 7 aromatic carbocycles. The molecule has 88 heavy (non-hydrogen) atoms. The second-order valence-corrected chi connectivity index (χ2v) is 26.9. The first-order valence-corrected chi connectivity index (χ1v) is 34.0. The van der Waals surface area contributed by atoms with Gasteiger partial charge in [-0.1, -0.05) is 191 Å². The van der Waals surface area contributed by atoms with E-state index in [4.69, 9.17) is 45.2 Å². The quantitative estimate of drug-likeness (QED) is 0.0244. The lowest BCUT2D eigenvalue weighted by molar-refractivity contribution is -0.129. The van der Waals surface area contributed by atoms with Crippen LogP contribution in [0.15, 0.2) is 226 Å². The van der Waals surface area contributed by atoms with Gasteiger partial charge in [-0.3, -0.25) is 41.3 Å². The number of hydrogen-bond acceptors (Lipinski definition) is 17. The number of carbonyl (C=O) groups is 2. The Morgan fingerprint density at radius 1 is 0.557 bits per heavy atom. The van der Waals surface area contributed by atoms with Crippen molar-refractivity contribution in [2.75, 3.05) is 45.0 Å². The zero-order chi connectivity index (χ0) is 63.2. The number of phosphoric ester groups is 2. The Hall–Kier alpha value is -7.52. The Morgan fingerprint density at radius 2 is 0.943 bits per heavy atom. The maximum atomic E-state index is 13.7. The summed E-state index contributed by atoms with van der Waals surface area (Å²) in [6, 6.07) is 58.9. The Labute approximate surface area is 514 Å². The maximum Gasteiger partial charge on any atom is 0.530 e. The molecule has 2 aliphatic rings. The number of carbonyl (C=O) groups excluding carboxylic acids is 2. The molecule has 2 saturated heterocycles. The minimum atomic E-state index is -3.83. The van der Waals surface area contributed by atoms with Gasteiger partial charge in [0, 0.05) is 22.4 Å². The number of anilines is 1. The van der Waals surface area contributed by atoms with Crippen molar-refractivity contribution < 1.29 is 77.8 Å². The predicted molar refractivity (Wildman–Crippen MR) is 341 cm³/mol. The molecule has 9 rings (SSSR count). The molecule has 0 saturated carbocycles. The number of benzene rings is 7. The molecule has 1 N–H and O–H groups in total. The highest BCUT2D eigenvalue weighted by molar-refractivity contribution is 7.62. The fourth-order valence-electron chi connectivity index (χ4n) is 8.35. The Balaban J connectivity index is 0.000000206. The largest absolute Gasteiger partial charge is 0.530 e. The SMILES string of the molecule is C=C(OC=O)C(=O)Nc1ccc(CC)cc1.C=C(OP(=O)(OCC)c1ccc(Cc2ccc(P(=O)(OCC)OC(=C)c3ccccc3)cc2)cc1)c1ccccc1.C=C(OP1(=O)OCC2(CO1)COP(=O)(OC(C)c1ccccc1)OC2)c1ccccc1. The van der Waals surface area contributed by atoms with Crippen molar-refractivity contribution in [1.29, 1.82) is 0 Å². The molecule has 0 bridgehead atoms. The third-order valence-corrected chi connectivity index (χ3v) is 20.0. The maximum absolute atomic E-state index is 13.7. The van der Waals surface area contributed by atoms with Crippen LogP contribution in [-0.4, -0.2) is 52.0 Å². The summed E-state index contributed by atoms with van der Waals surface area (Å²) in [5.41, 5.74) is 6.03. The number of phosphoric acid groups is 2. The Morgan fingerprint density at radius 3 is 1.34 bits per heavy atom. The highest BCUT2D eigenvalue weighted by atomic mass is 31.2. The van der Waals surface area contributed by atoms with Crippen LogP contribution in [0.4, 0.5) is 5.69 Å². The van der Waals surface area contributed by atoms with Gasteiger partial charge in [0.1, 0.15) is 17.3 Å². The van der Waals surface area contributed by atoms with Crippen LogP contribution in [0.1, 0.15) is 72.7 Å². The molecule has 18 nitrogen and oxygen atoms in total. The second kappa shape index (κ2) is 32.1. The van der Waals surface area contributed by atoms with Crippen LogP contribution in [0, 0.1) is 5.41 Å². The summed E-state index contributed by atoms with van der Waals surface area (Å²) in [5, 5.41) is 3.45. The average molecular weight is 1270 g/mol. The summed E-state index contributed by atoms with van der Waals surface area (Å²) in [6.07, 6.45) is 1.07. The van der Waals surface area contributed by atoms with Gasteiger partial charge in [0.25, 0.3) is 12.4 Å². The van der Waals surface area contributed by atoms with E-state index in [-0.39, 0.29) is 69.2 Å². The van der Waals surface area contributed by atoms with Crippen LogP contribution in [0.5, 0.6) is 0 Å². The van der Waals surface area contributed by atoms with E-state index in [1.165, 1.54) is 5.56 Å². The van der Waals surface area contributed by atoms with Crippen molar-refractivity contribution >= 4 is 76.8 Å². The Kier molecular flexibility index (Phi) is 24.8. The lowest BCUT2D eigenvalue weighted by Gasteiger charge is -2.42. The number of rotatable bonds is 25. The van der Waals surface area contributed by atoms with Gasteiger partial charge in [0.15, 0.2) is 5.76 Å². The van der Waals surface area contributed by atoms with Crippen LogP contribution in [0.2, 0.25) is 0 Å². The first kappa shape index (κ1) is 68.0. The molecule has 1 spiro atoms. The van der Waals surface area contributed by atoms with Gasteiger partial charge >= 0.3 is 30.8 Å². The fraction of sp³-hybridized carbons (Fsp3) is 0.212. The first-order chi connectivity index (χ1) is 42.2. The van der Waals surface area contributed by atoms with Crippen LogP contribution < -0.4 is 15.9 Å². The van der Waals surface area contributed by atoms with E-state index in [1.54, 1.807) is 69.3 Å². The molecule has 0 aromatic heterocycles. The van der Waals surface area contributed by atoms with Crippen LogP contribution in [0.3, 0.4) is 0 Å². The monoisotopic (exact) mass is 1270 g/mol. The van der Waals surface area contributed by atoms with Gasteiger partial charge in [0.2, 0.25) is 0 Å². The number of ether oxygens (including phenoxy) is 1. The molecule has 3 atom stereocenters. The molecular formula is C66H71NO17P4. The minimum absolute atomic E-state index is 0.00538. The van der Waals surface area contributed by atoms with Crippen molar-refractivity contribution in [3.05, 3.63) is 265 Å². The summed E-state index contributed by atoms with van der Waals surface area (Å²) in [7, 11) is -14.8. The molecule has 7 aromatic rings. The van der Waals surface area contributed by atoms with Gasteiger partial charge in [-0.2, -0.15) is 0 Å². The predicted octanol–water partition coefficient (Wildman–Crippen LogP) is 16.0. The third-order valence-electron chi connectivity index (χ3n) is 13.2. The molecule has 462 valence electrons. The van der Waals surface area contributed by atoms with Crippen LogP contribution in [0.25, 0.3) is 17.3 Å². The first-order valence-electron chi connectivity index (χ1n) is 27.9. The zero-order valence-corrected chi connectivity index (χ0v) is 52.9. The normalized spacial score (nSPS) is 19.4. The summed E-state index contributed by atoms with van der Waals surface area (Å²) in [4.78, 5) is 21.4. The summed E-state index contributed by atoms with van der Waals surface area (Å²) in [5.74, 6) is -0.00539. The van der Waals surface area contributed by atoms with Crippen LogP contribution in [-0.2, 0) is 90.7 Å². The fourth-order valence-corrected chi connectivity index (χ4v) is 14.4. The Bertz CT molecular complexity index is 3520. The van der Waals surface area contributed by atoms with E-state index >= 15 is 0 Å². The van der Waals surface area contributed by atoms with E-state index in [9.17, 15) is 27.8 Å². The number of hydrogen-bond donors (Lipinski definition) is 1. The van der Waals surface area contributed by atoms with Gasteiger partial charge in [-0.05, 0) is 92.3 Å². The second-order valence-electron chi connectivity index (χ2n) is 19.8. The molecule has 3 unspecified atom stereocenters. The van der Waals surface area contributed by atoms with E-state index in [0.717, 1.165) is 34.2 Å². The molecule has 0 radical (unpaired) electrons. The van der Waals surface area contributed by atoms with E-state index in [1.807, 2.05) is 153 Å². The van der Waals surface area contributed by atoms with Crippen molar-refractivity contribution in [3.63, 3.8) is 0 Å². The molecule has 0 aliphatic carbocycles. The number of nitrogens with one attached hydrogen (secondary N) is 1. The van der Waals surface area contributed by atoms with Crippen molar-refractivity contribution in [2.45, 2.75) is 46.6 Å². The zero-order valence-electron chi connectivity index (χ0n) is 49.3. The molecule has 2 heterocycles. The summed E-state index contributed by atoms with van der Waals surface area (Å²) in [6.45, 7) is 22.9. The minimum Gasteiger partial charge on any atom is -0.423 e. The summed E-state index contributed by atoms with van der Waals surface area (Å²) >= 11 is 0. The summed E-state index contributed by atoms with van der Waals surface area (Å²) < 4.78 is 113. The molecule has 22 heteroatoms. The van der Waals surface area contributed by atoms with Crippen molar-refractivity contribution in [3.8, 4) is 0 Å². The van der Waals surface area contributed by atoms with Crippen LogP contribution >= 0.6 is 30.8 Å². The molecule has 2 aliphatic heterocycles. The highest BCUT2D eigenvalue weighted by Crippen LogP contribution is 2.62. The van der Waals surface area contributed by atoms with E-state index < -0.39 is 48.3 Å². The standard InChI is InChI=1S/C33H34O6P2.C21H24O8P2.C12H13NO3/c1-5-36-40(34,38-26(3)30-13-9-7-10-14-30)32-21-17-28(18-22-32)25-29-19-23-33(24-20-29)41(35,37-6-2)39-27(4)31-15-11-8-12-16-31;1-17(19-9-5-3-6-10-19)28-30(22)24-13-21(14-25-30)15-26-31(23,27-16-21)29-18(2)20-11-7-4-8-12-20;1-3-10-4-6-11(7-5-10)13-12(15)9(2)16-8-14/h7-24H,3-6,25H2,1-2H3;3-12,18H,1,13-16H2,2H3;4-8H,2-3H2,1H3,(H,13,15). The van der Waals surface area contributed by atoms with Gasteiger partial charge < -0.3 is 23.6 Å². The number of amides is 1. The molecule has 1 amide bonds. The molecular weight excluding hydrogens is 1200 g/mol. The molecule has 2 fully saturated rings. The van der Waals surface area contributed by atoms with Crippen molar-refractivity contribution in [1.82, 2.24) is 0 Å². The van der Waals surface area contributed by atoms with Crippen molar-refractivity contribution in [2.24, 2.45) is 5.41 Å². The average Bonchev–Trinajstić information content (AvgIpc) is 3.40. The van der Waals surface area contributed by atoms with E-state index in [2.05, 4.69) is 36.4 Å².